The van der Waals surface area contributed by atoms with E-state index in [1.54, 1.807) is 6.20 Å². The first-order valence-corrected chi connectivity index (χ1v) is 6.43. The Hall–Kier alpha value is -2.18. The molecule has 3 N–H and O–H groups in total. The second-order valence-electron chi connectivity index (χ2n) is 4.53. The number of aryl methyl sites for hydroxylation is 1. The Kier molecular flexibility index (Phi) is 3.49. The fourth-order valence-corrected chi connectivity index (χ4v) is 2.23. The molecule has 1 unspecified atom stereocenters. The number of hydrogen-bond donors (Lipinski definition) is 2. The first-order chi connectivity index (χ1) is 9.78. The summed E-state index contributed by atoms with van der Waals surface area (Å²) in [6.07, 6.45) is 1.72. The third kappa shape index (κ3) is 2.43. The van der Waals surface area contributed by atoms with E-state index in [1.807, 2.05) is 31.2 Å². The highest BCUT2D eigenvalue weighted by atomic mass is 16.6. The zero-order chi connectivity index (χ0) is 13.9. The number of nitrogens with one attached hydrogen (secondary N) is 1. The molecule has 0 fully saturated rings. The highest BCUT2D eigenvalue weighted by Gasteiger charge is 2.18. The van der Waals surface area contributed by atoms with Crippen LogP contribution in [0.3, 0.4) is 0 Å². The van der Waals surface area contributed by atoms with Gasteiger partial charge in [-0.15, -0.1) is 0 Å². The maximum Gasteiger partial charge on any atom is 0.161 e. The van der Waals surface area contributed by atoms with E-state index < -0.39 is 0 Å². The van der Waals surface area contributed by atoms with Gasteiger partial charge in [-0.05, 0) is 30.7 Å². The molecule has 3 rings (SSSR count). The number of benzene rings is 1. The summed E-state index contributed by atoms with van der Waals surface area (Å²) >= 11 is 0. The summed E-state index contributed by atoms with van der Waals surface area (Å²) in [4.78, 5) is 8.50. The maximum absolute atomic E-state index is 5.68. The summed E-state index contributed by atoms with van der Waals surface area (Å²) < 4.78 is 11.1. The van der Waals surface area contributed by atoms with E-state index in [-0.39, 0.29) is 6.04 Å². The SMILES string of the molecule is Cc1nccc(C(NN)c2ccc3c(c2)OCCO3)n1. The van der Waals surface area contributed by atoms with Crippen molar-refractivity contribution in [1.82, 2.24) is 15.4 Å². The number of rotatable bonds is 3. The van der Waals surface area contributed by atoms with Gasteiger partial charge in [0.25, 0.3) is 0 Å². The molecule has 20 heavy (non-hydrogen) atoms. The van der Waals surface area contributed by atoms with Crippen molar-refractivity contribution in [3.05, 3.63) is 47.5 Å². The predicted octanol–water partition coefficient (Wildman–Crippen LogP) is 1.11. The van der Waals surface area contributed by atoms with Gasteiger partial charge in [-0.25, -0.2) is 15.4 Å². The highest BCUT2D eigenvalue weighted by Crippen LogP contribution is 2.33. The second kappa shape index (κ2) is 5.44. The molecule has 6 heteroatoms. The number of nitrogens with zero attached hydrogens (tertiary/aromatic N) is 2. The van der Waals surface area contributed by atoms with Crippen LogP contribution in [0.4, 0.5) is 0 Å². The molecule has 6 nitrogen and oxygen atoms in total. The lowest BCUT2D eigenvalue weighted by Gasteiger charge is -2.21. The Labute approximate surface area is 116 Å². The summed E-state index contributed by atoms with van der Waals surface area (Å²) in [5, 5.41) is 0. The molecule has 1 aromatic heterocycles. The van der Waals surface area contributed by atoms with Crippen LogP contribution in [0.5, 0.6) is 11.5 Å². The van der Waals surface area contributed by atoms with Crippen molar-refractivity contribution in [2.75, 3.05) is 13.2 Å². The smallest absolute Gasteiger partial charge is 0.161 e. The Morgan fingerprint density at radius 2 is 2.00 bits per heavy atom. The molecule has 0 bridgehead atoms. The van der Waals surface area contributed by atoms with E-state index in [2.05, 4.69) is 15.4 Å². The van der Waals surface area contributed by atoms with E-state index >= 15 is 0 Å². The molecule has 1 atom stereocenters. The van der Waals surface area contributed by atoms with Crippen LogP contribution in [0.1, 0.15) is 23.1 Å². The molecule has 104 valence electrons. The Morgan fingerprint density at radius 1 is 1.20 bits per heavy atom. The Balaban J connectivity index is 1.97. The Bertz CT molecular complexity index is 618. The summed E-state index contributed by atoms with van der Waals surface area (Å²) in [5.74, 6) is 7.88. The van der Waals surface area contributed by atoms with Gasteiger partial charge < -0.3 is 9.47 Å². The van der Waals surface area contributed by atoms with E-state index in [0.717, 1.165) is 22.8 Å². The third-order valence-electron chi connectivity index (χ3n) is 3.16. The molecule has 2 aromatic rings. The van der Waals surface area contributed by atoms with Gasteiger partial charge in [0, 0.05) is 6.20 Å². The van der Waals surface area contributed by atoms with Crippen molar-refractivity contribution in [1.29, 1.82) is 0 Å². The van der Waals surface area contributed by atoms with Crippen LogP contribution >= 0.6 is 0 Å². The van der Waals surface area contributed by atoms with Crippen LogP contribution < -0.4 is 20.7 Å². The van der Waals surface area contributed by atoms with Crippen LogP contribution in [0.2, 0.25) is 0 Å². The van der Waals surface area contributed by atoms with Crippen molar-refractivity contribution in [2.24, 2.45) is 5.84 Å². The quantitative estimate of drug-likeness (QED) is 0.643. The van der Waals surface area contributed by atoms with Crippen molar-refractivity contribution >= 4 is 0 Å². The van der Waals surface area contributed by atoms with Crippen molar-refractivity contribution in [2.45, 2.75) is 13.0 Å². The lowest BCUT2D eigenvalue weighted by atomic mass is 10.0. The van der Waals surface area contributed by atoms with Crippen molar-refractivity contribution < 1.29 is 9.47 Å². The first-order valence-electron chi connectivity index (χ1n) is 6.43. The number of fused-ring (bicyclic) bond motifs is 1. The monoisotopic (exact) mass is 272 g/mol. The molecule has 1 aromatic carbocycles. The predicted molar refractivity (Wildman–Crippen MR) is 73.4 cm³/mol. The zero-order valence-electron chi connectivity index (χ0n) is 11.2. The van der Waals surface area contributed by atoms with Crippen LogP contribution in [-0.2, 0) is 0 Å². The molecule has 1 aliphatic rings. The van der Waals surface area contributed by atoms with Crippen LogP contribution in [0.15, 0.2) is 30.5 Å². The normalized spacial score (nSPS) is 14.9. The number of hydrazine groups is 1. The molecule has 1 aliphatic heterocycles. The first kappa shape index (κ1) is 12.8. The van der Waals surface area contributed by atoms with Crippen LogP contribution in [0.25, 0.3) is 0 Å². The van der Waals surface area contributed by atoms with Crippen LogP contribution in [0, 0.1) is 6.92 Å². The fraction of sp³-hybridized carbons (Fsp3) is 0.286. The minimum Gasteiger partial charge on any atom is -0.486 e. The molecular weight excluding hydrogens is 256 g/mol. The van der Waals surface area contributed by atoms with Gasteiger partial charge in [0.15, 0.2) is 11.5 Å². The zero-order valence-corrected chi connectivity index (χ0v) is 11.2. The number of aromatic nitrogens is 2. The van der Waals surface area contributed by atoms with Gasteiger partial charge in [0.05, 0.1) is 11.7 Å². The fourth-order valence-electron chi connectivity index (χ4n) is 2.23. The maximum atomic E-state index is 5.68. The van der Waals surface area contributed by atoms with E-state index in [4.69, 9.17) is 15.3 Å². The largest absolute Gasteiger partial charge is 0.486 e. The summed E-state index contributed by atoms with van der Waals surface area (Å²) in [6.45, 7) is 2.99. The molecule has 2 heterocycles. The van der Waals surface area contributed by atoms with Gasteiger partial charge in [0.1, 0.15) is 19.0 Å². The molecule has 0 aliphatic carbocycles. The number of ether oxygens (including phenoxy) is 2. The van der Waals surface area contributed by atoms with Gasteiger partial charge in [-0.3, -0.25) is 5.84 Å². The molecule has 0 spiro atoms. The van der Waals surface area contributed by atoms with Gasteiger partial charge >= 0.3 is 0 Å². The molecule has 0 amide bonds. The van der Waals surface area contributed by atoms with Gasteiger partial charge in [0.2, 0.25) is 0 Å². The lowest BCUT2D eigenvalue weighted by molar-refractivity contribution is 0.171. The van der Waals surface area contributed by atoms with E-state index in [9.17, 15) is 0 Å². The minimum absolute atomic E-state index is 0.215. The molecule has 0 saturated heterocycles. The lowest BCUT2D eigenvalue weighted by Crippen LogP contribution is -2.30. The van der Waals surface area contributed by atoms with E-state index in [1.165, 1.54) is 0 Å². The molecule has 0 radical (unpaired) electrons. The third-order valence-corrected chi connectivity index (χ3v) is 3.16. The highest BCUT2D eigenvalue weighted by molar-refractivity contribution is 5.45. The van der Waals surface area contributed by atoms with Crippen LogP contribution in [-0.4, -0.2) is 23.2 Å². The average Bonchev–Trinajstić information content (AvgIpc) is 2.48. The number of hydrogen-bond acceptors (Lipinski definition) is 6. The second-order valence-corrected chi connectivity index (χ2v) is 4.53. The van der Waals surface area contributed by atoms with Crippen molar-refractivity contribution in [3.63, 3.8) is 0 Å². The summed E-state index contributed by atoms with van der Waals surface area (Å²) in [6, 6.07) is 7.40. The number of nitrogens with two attached hydrogens (primary N) is 1. The summed E-state index contributed by atoms with van der Waals surface area (Å²) in [7, 11) is 0. The molecular formula is C14H16N4O2. The van der Waals surface area contributed by atoms with Gasteiger partial charge in [-0.2, -0.15) is 0 Å². The topological polar surface area (TPSA) is 82.3 Å². The molecule has 0 saturated carbocycles. The Morgan fingerprint density at radius 3 is 2.75 bits per heavy atom. The van der Waals surface area contributed by atoms with Gasteiger partial charge in [-0.1, -0.05) is 6.07 Å². The van der Waals surface area contributed by atoms with Crippen molar-refractivity contribution in [3.8, 4) is 11.5 Å². The van der Waals surface area contributed by atoms with E-state index in [0.29, 0.717) is 19.0 Å². The standard InChI is InChI=1S/C14H16N4O2/c1-9-16-5-4-11(17-9)14(18-15)10-2-3-12-13(8-10)20-7-6-19-12/h2-5,8,14,18H,6-7,15H2,1H3. The summed E-state index contributed by atoms with van der Waals surface area (Å²) in [5.41, 5.74) is 4.57. The average molecular weight is 272 g/mol. The minimum atomic E-state index is -0.215.